The van der Waals surface area contributed by atoms with E-state index in [1.807, 2.05) is 36.4 Å². The minimum absolute atomic E-state index is 0.134. The summed E-state index contributed by atoms with van der Waals surface area (Å²) in [5.74, 6) is 0.723. The molecule has 1 unspecified atom stereocenters. The summed E-state index contributed by atoms with van der Waals surface area (Å²) < 4.78 is 0. The van der Waals surface area contributed by atoms with Crippen LogP contribution in [0.5, 0.6) is 5.75 Å². The van der Waals surface area contributed by atoms with Gasteiger partial charge in [-0.1, -0.05) is 72.8 Å². The number of aromatic hydroxyl groups is 1. The summed E-state index contributed by atoms with van der Waals surface area (Å²) in [5.41, 5.74) is 6.58. The van der Waals surface area contributed by atoms with Crippen molar-refractivity contribution in [2.75, 3.05) is 19.7 Å². The molecule has 3 rings (SSSR count). The number of nitrogens with zero attached hydrogens (tertiary/aromatic N) is 1. The molecule has 0 radical (unpaired) electrons. The van der Waals surface area contributed by atoms with Crippen LogP contribution in [-0.4, -0.2) is 40.9 Å². The van der Waals surface area contributed by atoms with Gasteiger partial charge in [-0.25, -0.2) is 0 Å². The maximum Gasteiger partial charge on any atom is 0.116 e. The van der Waals surface area contributed by atoms with Gasteiger partial charge in [-0.05, 0) is 92.5 Å². The fraction of sp³-hybridized carbons (Fsp3) is 0.355. The molecule has 1 aliphatic rings. The van der Waals surface area contributed by atoms with Crippen LogP contribution in [0.4, 0.5) is 0 Å². The Kier molecular flexibility index (Phi) is 9.50. The molecule has 0 saturated carbocycles. The van der Waals surface area contributed by atoms with Crippen molar-refractivity contribution < 1.29 is 10.2 Å². The SMILES string of the molecule is C=C(\C=C/C(=C\C)C(=C(/CCCO)c1ccccc1)/c1cccc(O)c1)C1CCN(C(C)C)C1. The summed E-state index contributed by atoms with van der Waals surface area (Å²) in [6.07, 6.45) is 9.02. The molecular formula is C31H39NO2. The van der Waals surface area contributed by atoms with E-state index in [1.54, 1.807) is 6.07 Å². The molecule has 3 nitrogen and oxygen atoms in total. The Balaban J connectivity index is 2.03. The van der Waals surface area contributed by atoms with Crippen LogP contribution in [-0.2, 0) is 0 Å². The quantitative estimate of drug-likeness (QED) is 0.302. The number of likely N-dealkylation sites (tertiary alicyclic amines) is 1. The summed E-state index contributed by atoms with van der Waals surface area (Å²) in [5, 5.41) is 19.9. The summed E-state index contributed by atoms with van der Waals surface area (Å²) >= 11 is 0. The number of phenolic OH excluding ortho intramolecular Hbond substituents is 1. The Hall–Kier alpha value is -2.88. The minimum Gasteiger partial charge on any atom is -0.508 e. The highest BCUT2D eigenvalue weighted by atomic mass is 16.3. The molecule has 2 aromatic rings. The molecule has 180 valence electrons. The smallest absolute Gasteiger partial charge is 0.116 e. The van der Waals surface area contributed by atoms with E-state index >= 15 is 0 Å². The number of phenols is 1. The van der Waals surface area contributed by atoms with Crippen LogP contribution >= 0.6 is 0 Å². The largest absolute Gasteiger partial charge is 0.508 e. The molecule has 2 N–H and O–H groups in total. The third-order valence-electron chi connectivity index (χ3n) is 6.69. The van der Waals surface area contributed by atoms with Gasteiger partial charge in [0.2, 0.25) is 0 Å². The zero-order valence-electron chi connectivity index (χ0n) is 20.9. The van der Waals surface area contributed by atoms with Crippen molar-refractivity contribution in [3.05, 3.63) is 102 Å². The lowest BCUT2D eigenvalue weighted by Crippen LogP contribution is -2.28. The summed E-state index contributed by atoms with van der Waals surface area (Å²) in [6.45, 7) is 13.3. The van der Waals surface area contributed by atoms with Gasteiger partial charge in [-0.3, -0.25) is 0 Å². The Morgan fingerprint density at radius 3 is 2.44 bits per heavy atom. The molecule has 1 atom stereocenters. The standard InChI is InChI=1S/C31H39NO2/c1-5-25(17-16-24(4)28-18-19-32(22-28)23(2)3)31(27-13-9-14-29(34)21-27)30(15-10-20-33)26-11-7-6-8-12-26/h5-9,11-14,16-17,21,23,28,33-34H,4,10,15,18-20,22H2,1-3H3/b17-16-,25-5+,31-30+. The normalized spacial score (nSPS) is 18.0. The van der Waals surface area contributed by atoms with Crippen LogP contribution in [0.2, 0.25) is 0 Å². The molecule has 0 aliphatic carbocycles. The van der Waals surface area contributed by atoms with E-state index in [0.717, 1.165) is 59.4 Å². The molecule has 1 heterocycles. The third kappa shape index (κ3) is 6.59. The Morgan fingerprint density at radius 1 is 1.09 bits per heavy atom. The highest BCUT2D eigenvalue weighted by Crippen LogP contribution is 2.37. The molecular weight excluding hydrogens is 418 g/mol. The molecule has 1 aliphatic heterocycles. The van der Waals surface area contributed by atoms with Crippen molar-refractivity contribution in [3.63, 3.8) is 0 Å². The number of aliphatic hydroxyl groups is 1. The Labute approximate surface area is 205 Å². The topological polar surface area (TPSA) is 43.7 Å². The van der Waals surface area contributed by atoms with Gasteiger partial charge >= 0.3 is 0 Å². The fourth-order valence-corrected chi connectivity index (χ4v) is 4.70. The zero-order chi connectivity index (χ0) is 24.5. The predicted molar refractivity (Wildman–Crippen MR) is 145 cm³/mol. The average Bonchev–Trinajstić information content (AvgIpc) is 3.34. The van der Waals surface area contributed by atoms with Crippen LogP contribution in [0.15, 0.2) is 90.6 Å². The lowest BCUT2D eigenvalue weighted by Gasteiger charge is -2.20. The van der Waals surface area contributed by atoms with Gasteiger partial charge in [-0.2, -0.15) is 0 Å². The van der Waals surface area contributed by atoms with Crippen LogP contribution in [0.25, 0.3) is 11.1 Å². The minimum atomic E-state index is 0.134. The summed E-state index contributed by atoms with van der Waals surface area (Å²) in [6, 6.07) is 18.3. The van der Waals surface area contributed by atoms with E-state index in [2.05, 4.69) is 62.6 Å². The fourth-order valence-electron chi connectivity index (χ4n) is 4.70. The predicted octanol–water partition coefficient (Wildman–Crippen LogP) is 6.86. The first-order chi connectivity index (χ1) is 16.4. The van der Waals surface area contributed by atoms with Crippen LogP contribution in [0.3, 0.4) is 0 Å². The maximum absolute atomic E-state index is 10.3. The van der Waals surface area contributed by atoms with Gasteiger partial charge in [0.05, 0.1) is 0 Å². The van der Waals surface area contributed by atoms with Gasteiger partial charge < -0.3 is 15.1 Å². The van der Waals surface area contributed by atoms with E-state index in [9.17, 15) is 10.2 Å². The van der Waals surface area contributed by atoms with Crippen LogP contribution < -0.4 is 0 Å². The highest BCUT2D eigenvalue weighted by molar-refractivity contribution is 5.99. The second-order valence-electron chi connectivity index (χ2n) is 9.32. The lowest BCUT2D eigenvalue weighted by atomic mass is 9.86. The Bertz CT molecular complexity index is 1050. The monoisotopic (exact) mass is 457 g/mol. The van der Waals surface area contributed by atoms with E-state index in [0.29, 0.717) is 18.4 Å². The van der Waals surface area contributed by atoms with E-state index in [-0.39, 0.29) is 12.4 Å². The molecule has 1 saturated heterocycles. The van der Waals surface area contributed by atoms with Crippen molar-refractivity contribution >= 4 is 11.1 Å². The van der Waals surface area contributed by atoms with E-state index < -0.39 is 0 Å². The van der Waals surface area contributed by atoms with Crippen molar-refractivity contribution in [3.8, 4) is 5.75 Å². The molecule has 2 aromatic carbocycles. The summed E-state index contributed by atoms with van der Waals surface area (Å²) in [4.78, 5) is 2.51. The van der Waals surface area contributed by atoms with Crippen molar-refractivity contribution in [1.82, 2.24) is 4.90 Å². The molecule has 34 heavy (non-hydrogen) atoms. The first-order valence-corrected chi connectivity index (χ1v) is 12.4. The first-order valence-electron chi connectivity index (χ1n) is 12.4. The van der Waals surface area contributed by atoms with E-state index in [4.69, 9.17) is 0 Å². The number of aliphatic hydroxyl groups excluding tert-OH is 1. The molecule has 0 bridgehead atoms. The highest BCUT2D eigenvalue weighted by Gasteiger charge is 2.25. The van der Waals surface area contributed by atoms with Crippen molar-refractivity contribution in [2.45, 2.75) is 46.1 Å². The number of allylic oxidation sites excluding steroid dienone is 6. The van der Waals surface area contributed by atoms with Gasteiger partial charge in [0.1, 0.15) is 5.75 Å². The Morgan fingerprint density at radius 2 is 1.82 bits per heavy atom. The molecule has 0 spiro atoms. The first kappa shape index (κ1) is 25.7. The molecule has 3 heteroatoms. The van der Waals surface area contributed by atoms with Gasteiger partial charge in [0, 0.05) is 19.2 Å². The lowest BCUT2D eigenvalue weighted by molar-refractivity contribution is 0.270. The summed E-state index contributed by atoms with van der Waals surface area (Å²) in [7, 11) is 0. The average molecular weight is 458 g/mol. The number of benzene rings is 2. The zero-order valence-corrected chi connectivity index (χ0v) is 20.9. The van der Waals surface area contributed by atoms with Gasteiger partial charge in [0.25, 0.3) is 0 Å². The van der Waals surface area contributed by atoms with Gasteiger partial charge in [-0.15, -0.1) is 0 Å². The molecule has 0 amide bonds. The van der Waals surface area contributed by atoms with Crippen molar-refractivity contribution in [2.24, 2.45) is 5.92 Å². The van der Waals surface area contributed by atoms with E-state index in [1.165, 1.54) is 0 Å². The molecule has 1 fully saturated rings. The number of hydrogen-bond donors (Lipinski definition) is 2. The third-order valence-corrected chi connectivity index (χ3v) is 6.69. The van der Waals surface area contributed by atoms with Gasteiger partial charge in [0.15, 0.2) is 0 Å². The van der Waals surface area contributed by atoms with Crippen LogP contribution in [0, 0.1) is 5.92 Å². The maximum atomic E-state index is 10.3. The number of rotatable bonds is 10. The molecule has 0 aromatic heterocycles. The van der Waals surface area contributed by atoms with Crippen molar-refractivity contribution in [1.29, 1.82) is 0 Å². The second-order valence-corrected chi connectivity index (χ2v) is 9.32. The number of hydrogen-bond acceptors (Lipinski definition) is 3. The van der Waals surface area contributed by atoms with Crippen LogP contribution in [0.1, 0.15) is 51.2 Å². The second kappa shape index (κ2) is 12.5.